The molecular formula is C26H27F3. The first-order valence-electron chi connectivity index (χ1n) is 10.7. The third-order valence-electron chi connectivity index (χ3n) is 6.49. The molecule has 0 aromatic heterocycles. The lowest BCUT2D eigenvalue weighted by molar-refractivity contribution is 0.304. The van der Waals surface area contributed by atoms with Gasteiger partial charge in [-0.2, -0.15) is 0 Å². The molecule has 1 saturated carbocycles. The Labute approximate surface area is 170 Å². The van der Waals surface area contributed by atoms with Crippen LogP contribution in [0.5, 0.6) is 0 Å². The van der Waals surface area contributed by atoms with Crippen molar-refractivity contribution < 1.29 is 13.2 Å². The van der Waals surface area contributed by atoms with Crippen LogP contribution in [0.1, 0.15) is 63.4 Å². The van der Waals surface area contributed by atoms with Crippen LogP contribution in [-0.4, -0.2) is 0 Å². The van der Waals surface area contributed by atoms with E-state index in [1.807, 2.05) is 18.2 Å². The summed E-state index contributed by atoms with van der Waals surface area (Å²) >= 11 is 0. The van der Waals surface area contributed by atoms with Crippen molar-refractivity contribution >= 4 is 10.8 Å². The lowest BCUT2D eigenvalue weighted by Gasteiger charge is -2.29. The molecule has 3 heteroatoms. The number of rotatable bonds is 5. The van der Waals surface area contributed by atoms with Crippen molar-refractivity contribution in [2.24, 2.45) is 5.92 Å². The van der Waals surface area contributed by atoms with Crippen molar-refractivity contribution in [2.45, 2.75) is 57.8 Å². The predicted octanol–water partition coefficient (Wildman–Crippen LogP) is 8.39. The summed E-state index contributed by atoms with van der Waals surface area (Å²) in [4.78, 5) is 0. The van der Waals surface area contributed by atoms with Gasteiger partial charge in [-0.1, -0.05) is 62.6 Å². The van der Waals surface area contributed by atoms with Crippen molar-refractivity contribution in [1.82, 2.24) is 0 Å². The van der Waals surface area contributed by atoms with E-state index in [9.17, 15) is 8.78 Å². The Kier molecular flexibility index (Phi) is 5.94. The second kappa shape index (κ2) is 8.61. The number of hydrogen-bond acceptors (Lipinski definition) is 0. The van der Waals surface area contributed by atoms with Gasteiger partial charge in [-0.05, 0) is 66.2 Å². The third-order valence-corrected chi connectivity index (χ3v) is 6.49. The van der Waals surface area contributed by atoms with Gasteiger partial charge in [0.1, 0.15) is 5.82 Å². The number of hydrogen-bond donors (Lipinski definition) is 0. The fourth-order valence-corrected chi connectivity index (χ4v) is 4.73. The highest BCUT2D eigenvalue weighted by Gasteiger charge is 2.22. The van der Waals surface area contributed by atoms with E-state index in [0.717, 1.165) is 23.4 Å². The van der Waals surface area contributed by atoms with Gasteiger partial charge in [0.25, 0.3) is 0 Å². The summed E-state index contributed by atoms with van der Waals surface area (Å²) in [6.45, 7) is 2.25. The maximum atomic E-state index is 15.1. The highest BCUT2D eigenvalue weighted by molar-refractivity contribution is 5.88. The first kappa shape index (κ1) is 20.0. The highest BCUT2D eigenvalue weighted by Crippen LogP contribution is 2.39. The fraction of sp³-hybridized carbons (Fsp3) is 0.385. The molecule has 0 atom stereocenters. The Morgan fingerprint density at radius 1 is 0.828 bits per heavy atom. The summed E-state index contributed by atoms with van der Waals surface area (Å²) in [5.41, 5.74) is 1.92. The van der Waals surface area contributed by atoms with Crippen LogP contribution in [0.15, 0.2) is 48.5 Å². The third kappa shape index (κ3) is 4.19. The van der Waals surface area contributed by atoms with Crippen LogP contribution in [0.4, 0.5) is 13.2 Å². The largest absolute Gasteiger partial charge is 0.206 e. The van der Waals surface area contributed by atoms with Crippen LogP contribution >= 0.6 is 0 Å². The van der Waals surface area contributed by atoms with Gasteiger partial charge in [0.2, 0.25) is 0 Å². The SMILES string of the molecule is CCCCC1CCC(c2ccc3c(F)c(-c4ccc(F)c(F)c4)ccc3c2)CC1. The molecule has 4 rings (SSSR count). The maximum Gasteiger partial charge on any atom is 0.159 e. The quantitative estimate of drug-likeness (QED) is 0.406. The number of halogens is 3. The molecule has 3 aromatic carbocycles. The smallest absolute Gasteiger partial charge is 0.159 e. The van der Waals surface area contributed by atoms with Gasteiger partial charge in [0.05, 0.1) is 0 Å². The Hall–Kier alpha value is -2.29. The van der Waals surface area contributed by atoms with Gasteiger partial charge < -0.3 is 0 Å². The van der Waals surface area contributed by atoms with E-state index in [4.69, 9.17) is 0 Å². The molecule has 152 valence electrons. The zero-order valence-electron chi connectivity index (χ0n) is 16.9. The van der Waals surface area contributed by atoms with E-state index in [1.165, 1.54) is 56.6 Å². The number of benzene rings is 3. The van der Waals surface area contributed by atoms with E-state index >= 15 is 4.39 Å². The van der Waals surface area contributed by atoms with E-state index < -0.39 is 11.6 Å². The molecular weight excluding hydrogens is 369 g/mol. The molecule has 0 N–H and O–H groups in total. The van der Waals surface area contributed by atoms with Crippen LogP contribution in [-0.2, 0) is 0 Å². The lowest BCUT2D eigenvalue weighted by Crippen LogP contribution is -2.13. The number of unbranched alkanes of at least 4 members (excludes halogenated alkanes) is 1. The molecule has 0 spiro atoms. The minimum Gasteiger partial charge on any atom is -0.206 e. The van der Waals surface area contributed by atoms with Gasteiger partial charge >= 0.3 is 0 Å². The summed E-state index contributed by atoms with van der Waals surface area (Å²) in [6, 6.07) is 13.0. The topological polar surface area (TPSA) is 0 Å². The number of fused-ring (bicyclic) bond motifs is 1. The van der Waals surface area contributed by atoms with E-state index in [2.05, 4.69) is 13.0 Å². The average Bonchev–Trinajstić information content (AvgIpc) is 2.75. The molecule has 1 aliphatic carbocycles. The molecule has 3 aromatic rings. The molecule has 0 nitrogen and oxygen atoms in total. The van der Waals surface area contributed by atoms with Crippen molar-refractivity contribution in [3.63, 3.8) is 0 Å². The maximum absolute atomic E-state index is 15.1. The fourth-order valence-electron chi connectivity index (χ4n) is 4.73. The minimum absolute atomic E-state index is 0.292. The Morgan fingerprint density at radius 3 is 2.34 bits per heavy atom. The van der Waals surface area contributed by atoms with Gasteiger partial charge in [0.15, 0.2) is 11.6 Å². The average molecular weight is 396 g/mol. The molecule has 0 aliphatic heterocycles. The van der Waals surface area contributed by atoms with Crippen LogP contribution in [0, 0.1) is 23.4 Å². The zero-order valence-corrected chi connectivity index (χ0v) is 16.9. The molecule has 0 unspecified atom stereocenters. The van der Waals surface area contributed by atoms with E-state index in [0.29, 0.717) is 22.4 Å². The lowest BCUT2D eigenvalue weighted by atomic mass is 9.77. The second-order valence-electron chi connectivity index (χ2n) is 8.40. The molecule has 0 amide bonds. The van der Waals surface area contributed by atoms with E-state index in [1.54, 1.807) is 6.07 Å². The van der Waals surface area contributed by atoms with E-state index in [-0.39, 0.29) is 5.82 Å². The van der Waals surface area contributed by atoms with Gasteiger partial charge in [-0.25, -0.2) is 13.2 Å². The minimum atomic E-state index is -0.966. The molecule has 1 fully saturated rings. The van der Waals surface area contributed by atoms with Crippen LogP contribution in [0.25, 0.3) is 21.9 Å². The van der Waals surface area contributed by atoms with Crippen molar-refractivity contribution in [1.29, 1.82) is 0 Å². The summed E-state index contributed by atoms with van der Waals surface area (Å²) in [5, 5.41) is 1.38. The Morgan fingerprint density at radius 2 is 1.62 bits per heavy atom. The van der Waals surface area contributed by atoms with Crippen LogP contribution in [0.2, 0.25) is 0 Å². The molecule has 0 radical (unpaired) electrons. The monoisotopic (exact) mass is 396 g/mol. The summed E-state index contributed by atoms with van der Waals surface area (Å²) in [7, 11) is 0. The van der Waals surface area contributed by atoms with Gasteiger partial charge in [-0.3, -0.25) is 0 Å². The van der Waals surface area contributed by atoms with Crippen LogP contribution in [0.3, 0.4) is 0 Å². The predicted molar refractivity (Wildman–Crippen MR) is 113 cm³/mol. The van der Waals surface area contributed by atoms with Crippen molar-refractivity contribution in [3.05, 3.63) is 71.5 Å². The standard InChI is InChI=1S/C26H27F3/c1-2-3-4-17-5-7-18(8-6-17)19-9-12-22-20(15-19)10-13-23(26(22)29)21-11-14-24(27)25(28)16-21/h9-18H,2-8H2,1H3. The van der Waals surface area contributed by atoms with Gasteiger partial charge in [-0.15, -0.1) is 0 Å². The van der Waals surface area contributed by atoms with Crippen LogP contribution < -0.4 is 0 Å². The molecule has 29 heavy (non-hydrogen) atoms. The van der Waals surface area contributed by atoms with Gasteiger partial charge in [0, 0.05) is 10.9 Å². The molecule has 0 heterocycles. The molecule has 0 bridgehead atoms. The summed E-state index contributed by atoms with van der Waals surface area (Å²) in [5.74, 6) is -0.867. The molecule has 0 saturated heterocycles. The highest BCUT2D eigenvalue weighted by atomic mass is 19.2. The Bertz CT molecular complexity index is 1000. The zero-order chi connectivity index (χ0) is 20.4. The normalized spacial score (nSPS) is 19.6. The van der Waals surface area contributed by atoms with Crippen molar-refractivity contribution in [2.75, 3.05) is 0 Å². The first-order chi connectivity index (χ1) is 14.1. The molecule has 1 aliphatic rings. The summed E-state index contributed by atoms with van der Waals surface area (Å²) < 4.78 is 41.9. The summed E-state index contributed by atoms with van der Waals surface area (Å²) in [6.07, 6.45) is 8.91. The second-order valence-corrected chi connectivity index (χ2v) is 8.40. The Balaban J connectivity index is 1.57. The van der Waals surface area contributed by atoms with Crippen molar-refractivity contribution in [3.8, 4) is 11.1 Å². The first-order valence-corrected chi connectivity index (χ1v) is 10.7.